The number of carbonyl (C=O) groups is 4. The number of rotatable bonds is 4. The van der Waals surface area contributed by atoms with E-state index in [2.05, 4.69) is 36.2 Å². The molecule has 0 fully saturated rings. The standard InChI is InChI=1S/C17H26ClN9O4/c1-8-13(30)24-10(5-6-11(19)28)14(31)23-9(12(20)29)4-2-3-7-21-16-25-15(18)26-17(22-8)27-16/h8-10H,2-7H2,1H3,(H2,19,28)(H2,20,29)(H,23,31)(H,24,30)(H2,21,22,25,26,27)/t8-,9+,10-/m0/s1. The van der Waals surface area contributed by atoms with Crippen LogP contribution in [0.15, 0.2) is 0 Å². The fraction of sp³-hybridized carbons (Fsp3) is 0.588. The summed E-state index contributed by atoms with van der Waals surface area (Å²) >= 11 is 5.92. The van der Waals surface area contributed by atoms with Crippen LogP contribution in [0.5, 0.6) is 0 Å². The number of nitrogens with zero attached hydrogens (tertiary/aromatic N) is 3. The molecule has 1 aromatic heterocycles. The van der Waals surface area contributed by atoms with Gasteiger partial charge in [0.25, 0.3) is 0 Å². The minimum absolute atomic E-state index is 0.0449. The second kappa shape index (κ2) is 11.2. The Labute approximate surface area is 183 Å². The Morgan fingerprint density at radius 3 is 2.42 bits per heavy atom. The Balaban J connectivity index is 2.27. The summed E-state index contributed by atoms with van der Waals surface area (Å²) in [5.74, 6) is -2.25. The van der Waals surface area contributed by atoms with E-state index in [0.717, 1.165) is 0 Å². The zero-order chi connectivity index (χ0) is 23.0. The first kappa shape index (κ1) is 24.1. The molecule has 4 amide bonds. The van der Waals surface area contributed by atoms with Gasteiger partial charge < -0.3 is 32.7 Å². The van der Waals surface area contributed by atoms with Crippen LogP contribution in [0.3, 0.4) is 0 Å². The summed E-state index contributed by atoms with van der Waals surface area (Å²) in [4.78, 5) is 60.3. The highest BCUT2D eigenvalue weighted by Crippen LogP contribution is 2.12. The largest absolute Gasteiger partial charge is 0.370 e. The van der Waals surface area contributed by atoms with Crippen molar-refractivity contribution in [2.45, 2.75) is 57.2 Å². The molecule has 2 heterocycles. The van der Waals surface area contributed by atoms with Gasteiger partial charge >= 0.3 is 0 Å². The van der Waals surface area contributed by atoms with Crippen molar-refractivity contribution in [1.82, 2.24) is 25.6 Å². The Bertz CT molecular complexity index is 838. The van der Waals surface area contributed by atoms with Gasteiger partial charge in [0.15, 0.2) is 0 Å². The second-order valence-corrected chi connectivity index (χ2v) is 7.41. The molecule has 8 N–H and O–H groups in total. The first-order valence-electron chi connectivity index (χ1n) is 9.76. The number of anilines is 2. The predicted octanol–water partition coefficient (Wildman–Crippen LogP) is -1.36. The van der Waals surface area contributed by atoms with Crippen molar-refractivity contribution >= 4 is 47.1 Å². The van der Waals surface area contributed by atoms with Crippen molar-refractivity contribution in [3.63, 3.8) is 0 Å². The smallest absolute Gasteiger partial charge is 0.243 e. The lowest BCUT2D eigenvalue weighted by molar-refractivity contribution is -0.132. The van der Waals surface area contributed by atoms with E-state index < -0.39 is 41.8 Å². The van der Waals surface area contributed by atoms with Gasteiger partial charge in [-0.05, 0) is 44.2 Å². The summed E-state index contributed by atoms with van der Waals surface area (Å²) in [7, 11) is 0. The maximum atomic E-state index is 12.7. The Kier molecular flexibility index (Phi) is 8.73. The number of carbonyl (C=O) groups excluding carboxylic acids is 4. The number of aromatic nitrogens is 3. The van der Waals surface area contributed by atoms with Gasteiger partial charge in [0.1, 0.15) is 18.1 Å². The summed E-state index contributed by atoms with van der Waals surface area (Å²) in [6, 6.07) is -2.89. The van der Waals surface area contributed by atoms with Crippen LogP contribution < -0.4 is 32.7 Å². The van der Waals surface area contributed by atoms with E-state index >= 15 is 0 Å². The number of amides is 4. The maximum Gasteiger partial charge on any atom is 0.243 e. The van der Waals surface area contributed by atoms with Crippen LogP contribution in [0.2, 0.25) is 5.28 Å². The van der Waals surface area contributed by atoms with Crippen LogP contribution in [0.25, 0.3) is 0 Å². The molecule has 2 bridgehead atoms. The van der Waals surface area contributed by atoms with Crippen molar-refractivity contribution < 1.29 is 19.2 Å². The number of halogens is 1. The van der Waals surface area contributed by atoms with E-state index in [1.54, 1.807) is 0 Å². The quantitative estimate of drug-likeness (QED) is 0.316. The van der Waals surface area contributed by atoms with E-state index in [4.69, 9.17) is 23.1 Å². The molecule has 31 heavy (non-hydrogen) atoms. The maximum absolute atomic E-state index is 12.7. The molecule has 1 aromatic rings. The van der Waals surface area contributed by atoms with Gasteiger partial charge in [0.05, 0.1) is 0 Å². The number of hydrogen-bond acceptors (Lipinski definition) is 9. The Morgan fingerprint density at radius 1 is 1.03 bits per heavy atom. The zero-order valence-corrected chi connectivity index (χ0v) is 17.7. The molecule has 0 aromatic carbocycles. The van der Waals surface area contributed by atoms with Crippen molar-refractivity contribution in [3.05, 3.63) is 5.28 Å². The highest BCUT2D eigenvalue weighted by molar-refractivity contribution is 6.28. The third kappa shape index (κ3) is 7.85. The normalized spacial score (nSPS) is 23.0. The van der Waals surface area contributed by atoms with Crippen LogP contribution >= 0.6 is 11.6 Å². The van der Waals surface area contributed by atoms with Crippen LogP contribution in [0.1, 0.15) is 39.0 Å². The second-order valence-electron chi connectivity index (χ2n) is 7.07. The Hall–Kier alpha value is -3.22. The van der Waals surface area contributed by atoms with Crippen molar-refractivity contribution in [1.29, 1.82) is 0 Å². The summed E-state index contributed by atoms with van der Waals surface area (Å²) in [6.07, 6.45) is 1.29. The third-order valence-electron chi connectivity index (χ3n) is 4.52. The van der Waals surface area contributed by atoms with Gasteiger partial charge in [-0.25, -0.2) is 0 Å². The first-order valence-corrected chi connectivity index (χ1v) is 10.1. The molecule has 3 atom stereocenters. The number of nitrogens with one attached hydrogen (secondary N) is 4. The molecule has 14 heteroatoms. The lowest BCUT2D eigenvalue weighted by atomic mass is 10.1. The molecule has 0 unspecified atom stereocenters. The van der Waals surface area contributed by atoms with Gasteiger partial charge in [-0.15, -0.1) is 0 Å². The SMILES string of the molecule is C[C@@H]1Nc2nc(Cl)nc(n2)NCCCC[C@H](C(N)=O)NC(=O)[C@H](CCC(N)=O)NC1=O. The topological polar surface area (TPSA) is 207 Å². The number of hydrogen-bond donors (Lipinski definition) is 6. The zero-order valence-electron chi connectivity index (χ0n) is 17.0. The van der Waals surface area contributed by atoms with Crippen LogP contribution in [0, 0.1) is 0 Å². The summed E-state index contributed by atoms with van der Waals surface area (Å²) in [6.45, 7) is 2.00. The van der Waals surface area contributed by atoms with E-state index in [-0.39, 0.29) is 30.0 Å². The molecule has 1 aliphatic heterocycles. The van der Waals surface area contributed by atoms with E-state index in [1.165, 1.54) is 6.92 Å². The van der Waals surface area contributed by atoms with Gasteiger partial charge in [-0.1, -0.05) is 0 Å². The minimum Gasteiger partial charge on any atom is -0.370 e. The molecule has 1 aliphatic rings. The van der Waals surface area contributed by atoms with Crippen molar-refractivity contribution in [2.75, 3.05) is 17.2 Å². The average molecular weight is 456 g/mol. The van der Waals surface area contributed by atoms with Gasteiger partial charge in [0, 0.05) is 13.0 Å². The third-order valence-corrected chi connectivity index (χ3v) is 4.69. The molecular weight excluding hydrogens is 430 g/mol. The molecule has 0 spiro atoms. The highest BCUT2D eigenvalue weighted by atomic mass is 35.5. The number of primary amides is 2. The lowest BCUT2D eigenvalue weighted by Gasteiger charge is -2.23. The van der Waals surface area contributed by atoms with Gasteiger partial charge in [0.2, 0.25) is 40.8 Å². The van der Waals surface area contributed by atoms with Gasteiger partial charge in [-0.2, -0.15) is 15.0 Å². The first-order chi connectivity index (χ1) is 14.7. The fourth-order valence-electron chi connectivity index (χ4n) is 2.84. The van der Waals surface area contributed by atoms with Crippen molar-refractivity contribution in [2.24, 2.45) is 11.5 Å². The molecule has 0 saturated carbocycles. The van der Waals surface area contributed by atoms with Gasteiger partial charge in [-0.3, -0.25) is 19.2 Å². The molecule has 0 saturated heterocycles. The molecular formula is C17H26ClN9O4. The Morgan fingerprint density at radius 2 is 1.74 bits per heavy atom. The summed E-state index contributed by atoms with van der Waals surface area (Å²) in [5, 5.41) is 10.8. The van der Waals surface area contributed by atoms with Crippen LogP contribution in [0.4, 0.5) is 11.9 Å². The predicted molar refractivity (Wildman–Crippen MR) is 112 cm³/mol. The monoisotopic (exact) mass is 455 g/mol. The number of nitrogens with two attached hydrogens (primary N) is 2. The summed E-state index contributed by atoms with van der Waals surface area (Å²) in [5.41, 5.74) is 10.6. The summed E-state index contributed by atoms with van der Waals surface area (Å²) < 4.78 is 0. The van der Waals surface area contributed by atoms with Crippen LogP contribution in [-0.4, -0.2) is 63.3 Å². The number of fused-ring (bicyclic) bond motifs is 2. The molecule has 2 rings (SSSR count). The van der Waals surface area contributed by atoms with E-state index in [1.807, 2.05) is 0 Å². The lowest BCUT2D eigenvalue weighted by Crippen LogP contribution is -2.55. The van der Waals surface area contributed by atoms with E-state index in [9.17, 15) is 19.2 Å². The highest BCUT2D eigenvalue weighted by Gasteiger charge is 2.27. The molecule has 0 radical (unpaired) electrons. The fourth-order valence-corrected chi connectivity index (χ4v) is 3.00. The average Bonchev–Trinajstić information content (AvgIpc) is 2.68. The van der Waals surface area contributed by atoms with Crippen LogP contribution in [-0.2, 0) is 19.2 Å². The van der Waals surface area contributed by atoms with Crippen molar-refractivity contribution in [3.8, 4) is 0 Å². The minimum atomic E-state index is -1.10. The molecule has 0 aliphatic carbocycles. The molecule has 170 valence electrons. The molecule has 13 nitrogen and oxygen atoms in total. The van der Waals surface area contributed by atoms with E-state index in [0.29, 0.717) is 25.8 Å².